The summed E-state index contributed by atoms with van der Waals surface area (Å²) in [5.41, 5.74) is 3.40. The van der Waals surface area contributed by atoms with Crippen molar-refractivity contribution in [2.24, 2.45) is 11.8 Å². The standard InChI is InChI=1S/C26H31N5O2/c1-18(16-31-20(3)28-19(2)29-31)26(33)30-14-13-27-25(32)24(17-30)15-21-9-11-23(12-10-21)22-7-5-4-6-8-22/h4-12,18,24H,13-17H2,1-3H3,(H,27,32). The van der Waals surface area contributed by atoms with Gasteiger partial charge in [0.1, 0.15) is 11.6 Å². The van der Waals surface area contributed by atoms with Crippen LogP contribution in [-0.4, -0.2) is 51.1 Å². The van der Waals surface area contributed by atoms with Gasteiger partial charge in [0.25, 0.3) is 0 Å². The Morgan fingerprint density at radius 3 is 2.45 bits per heavy atom. The summed E-state index contributed by atoms with van der Waals surface area (Å²) >= 11 is 0. The van der Waals surface area contributed by atoms with E-state index >= 15 is 0 Å². The largest absolute Gasteiger partial charge is 0.354 e. The number of aromatic nitrogens is 3. The van der Waals surface area contributed by atoms with Crippen LogP contribution in [0.3, 0.4) is 0 Å². The van der Waals surface area contributed by atoms with Gasteiger partial charge in [-0.2, -0.15) is 5.10 Å². The number of carbonyl (C=O) groups excluding carboxylic acids is 2. The van der Waals surface area contributed by atoms with Crippen LogP contribution in [0.1, 0.15) is 24.1 Å². The van der Waals surface area contributed by atoms with E-state index < -0.39 is 0 Å². The molecule has 0 bridgehead atoms. The van der Waals surface area contributed by atoms with Crippen molar-refractivity contribution < 1.29 is 9.59 Å². The van der Waals surface area contributed by atoms with Gasteiger partial charge in [-0.25, -0.2) is 9.67 Å². The van der Waals surface area contributed by atoms with Crippen LogP contribution < -0.4 is 5.32 Å². The number of nitrogens with zero attached hydrogens (tertiary/aromatic N) is 4. The van der Waals surface area contributed by atoms with Crippen molar-refractivity contribution >= 4 is 11.8 Å². The Morgan fingerprint density at radius 1 is 1.09 bits per heavy atom. The van der Waals surface area contributed by atoms with E-state index in [9.17, 15) is 9.59 Å². The second-order valence-corrected chi connectivity index (χ2v) is 8.83. The van der Waals surface area contributed by atoms with E-state index in [1.807, 2.05) is 43.9 Å². The van der Waals surface area contributed by atoms with Gasteiger partial charge in [-0.1, -0.05) is 61.5 Å². The molecule has 7 nitrogen and oxygen atoms in total. The van der Waals surface area contributed by atoms with Gasteiger partial charge in [0.15, 0.2) is 0 Å². The third-order valence-electron chi connectivity index (χ3n) is 6.18. The maximum absolute atomic E-state index is 13.2. The lowest BCUT2D eigenvalue weighted by molar-refractivity contribution is -0.136. The molecule has 1 N–H and O–H groups in total. The number of nitrogens with one attached hydrogen (secondary N) is 1. The second kappa shape index (κ2) is 9.98. The molecule has 1 saturated heterocycles. The zero-order chi connectivity index (χ0) is 23.4. The summed E-state index contributed by atoms with van der Waals surface area (Å²) in [5.74, 6) is 1.04. The fourth-order valence-corrected chi connectivity index (χ4v) is 4.39. The number of amides is 2. The molecule has 0 spiro atoms. The predicted molar refractivity (Wildman–Crippen MR) is 127 cm³/mol. The molecule has 1 aliphatic rings. The first-order valence-electron chi connectivity index (χ1n) is 11.5. The van der Waals surface area contributed by atoms with E-state index in [0.717, 1.165) is 17.0 Å². The minimum Gasteiger partial charge on any atom is -0.354 e. The smallest absolute Gasteiger partial charge is 0.227 e. The SMILES string of the molecule is Cc1nc(C)n(CC(C)C(=O)N2CCNC(=O)C(Cc3ccc(-c4ccccc4)cc3)C2)n1. The van der Waals surface area contributed by atoms with Gasteiger partial charge in [0.2, 0.25) is 11.8 Å². The summed E-state index contributed by atoms with van der Waals surface area (Å²) in [7, 11) is 0. The highest BCUT2D eigenvalue weighted by atomic mass is 16.2. The van der Waals surface area contributed by atoms with Crippen molar-refractivity contribution in [2.75, 3.05) is 19.6 Å². The average Bonchev–Trinajstić information content (AvgIpc) is 3.02. The molecule has 2 atom stereocenters. The number of carbonyl (C=O) groups is 2. The van der Waals surface area contributed by atoms with Crippen LogP contribution in [0, 0.1) is 25.7 Å². The molecule has 0 radical (unpaired) electrons. The van der Waals surface area contributed by atoms with Crippen LogP contribution in [0.5, 0.6) is 0 Å². The lowest BCUT2D eigenvalue weighted by Crippen LogP contribution is -2.41. The molecule has 172 valence electrons. The van der Waals surface area contributed by atoms with Gasteiger partial charge in [-0.15, -0.1) is 0 Å². The summed E-state index contributed by atoms with van der Waals surface area (Å²) in [6, 6.07) is 18.6. The van der Waals surface area contributed by atoms with Crippen LogP contribution in [0.25, 0.3) is 11.1 Å². The highest BCUT2D eigenvalue weighted by molar-refractivity contribution is 5.83. The third kappa shape index (κ3) is 5.48. The van der Waals surface area contributed by atoms with Gasteiger partial charge in [0.05, 0.1) is 18.4 Å². The maximum Gasteiger partial charge on any atom is 0.227 e. The highest BCUT2D eigenvalue weighted by Crippen LogP contribution is 2.21. The van der Waals surface area contributed by atoms with Crippen LogP contribution in [0.15, 0.2) is 54.6 Å². The molecule has 1 fully saturated rings. The van der Waals surface area contributed by atoms with Crippen molar-refractivity contribution in [1.82, 2.24) is 25.0 Å². The summed E-state index contributed by atoms with van der Waals surface area (Å²) in [5, 5.41) is 7.35. The Bertz CT molecular complexity index is 1110. The molecule has 0 aliphatic carbocycles. The second-order valence-electron chi connectivity index (χ2n) is 8.83. The number of hydrogen-bond acceptors (Lipinski definition) is 4. The molecule has 7 heteroatoms. The lowest BCUT2D eigenvalue weighted by Gasteiger charge is -2.26. The minimum absolute atomic E-state index is 0.00725. The summed E-state index contributed by atoms with van der Waals surface area (Å²) in [4.78, 5) is 32.1. The molecular formula is C26H31N5O2. The monoisotopic (exact) mass is 445 g/mol. The van der Waals surface area contributed by atoms with E-state index in [1.54, 1.807) is 4.68 Å². The number of hydrogen-bond donors (Lipinski definition) is 1. The fourth-order valence-electron chi connectivity index (χ4n) is 4.39. The topological polar surface area (TPSA) is 80.1 Å². The normalized spacial score (nSPS) is 17.4. The van der Waals surface area contributed by atoms with E-state index in [4.69, 9.17) is 0 Å². The van der Waals surface area contributed by atoms with Crippen molar-refractivity contribution in [3.63, 3.8) is 0 Å². The zero-order valence-electron chi connectivity index (χ0n) is 19.5. The summed E-state index contributed by atoms with van der Waals surface area (Å²) in [6.07, 6.45) is 0.598. The van der Waals surface area contributed by atoms with Crippen molar-refractivity contribution in [3.05, 3.63) is 71.8 Å². The van der Waals surface area contributed by atoms with Crippen molar-refractivity contribution in [3.8, 4) is 11.1 Å². The van der Waals surface area contributed by atoms with Gasteiger partial charge < -0.3 is 10.2 Å². The molecular weight excluding hydrogens is 414 g/mol. The Balaban J connectivity index is 1.42. The third-order valence-corrected chi connectivity index (χ3v) is 6.18. The van der Waals surface area contributed by atoms with E-state index in [1.165, 1.54) is 5.56 Å². The first-order valence-corrected chi connectivity index (χ1v) is 11.5. The summed E-state index contributed by atoms with van der Waals surface area (Å²) in [6.45, 7) is 7.55. The van der Waals surface area contributed by atoms with Gasteiger partial charge in [-0.3, -0.25) is 9.59 Å². The molecule has 4 rings (SSSR count). The first-order chi connectivity index (χ1) is 15.9. The molecule has 0 saturated carbocycles. The van der Waals surface area contributed by atoms with Gasteiger partial charge in [-0.05, 0) is 37.0 Å². The fraction of sp³-hybridized carbons (Fsp3) is 0.385. The molecule has 2 amide bonds. The van der Waals surface area contributed by atoms with Crippen molar-refractivity contribution in [2.45, 2.75) is 33.7 Å². The zero-order valence-corrected chi connectivity index (χ0v) is 19.5. The number of aryl methyl sites for hydroxylation is 2. The average molecular weight is 446 g/mol. The maximum atomic E-state index is 13.2. The molecule has 1 aromatic heterocycles. The molecule has 3 aromatic rings. The Hall–Kier alpha value is -3.48. The summed E-state index contributed by atoms with van der Waals surface area (Å²) < 4.78 is 1.78. The lowest BCUT2D eigenvalue weighted by atomic mass is 9.95. The molecule has 2 aromatic carbocycles. The van der Waals surface area contributed by atoms with Crippen molar-refractivity contribution in [1.29, 1.82) is 0 Å². The van der Waals surface area contributed by atoms with Gasteiger partial charge in [0, 0.05) is 19.6 Å². The van der Waals surface area contributed by atoms with E-state index in [-0.39, 0.29) is 23.7 Å². The van der Waals surface area contributed by atoms with Crippen LogP contribution in [0.2, 0.25) is 0 Å². The Kier molecular flexibility index (Phi) is 6.87. The van der Waals surface area contributed by atoms with Gasteiger partial charge >= 0.3 is 0 Å². The Labute approximate surface area is 194 Å². The quantitative estimate of drug-likeness (QED) is 0.633. The number of rotatable bonds is 6. The van der Waals surface area contributed by atoms with Crippen LogP contribution in [0.4, 0.5) is 0 Å². The molecule has 2 unspecified atom stereocenters. The molecule has 2 heterocycles. The minimum atomic E-state index is -0.276. The van der Waals surface area contributed by atoms with E-state index in [0.29, 0.717) is 38.4 Å². The Morgan fingerprint density at radius 2 is 1.79 bits per heavy atom. The first kappa shape index (κ1) is 22.7. The molecule has 1 aliphatic heterocycles. The van der Waals surface area contributed by atoms with Crippen LogP contribution in [-0.2, 0) is 22.6 Å². The van der Waals surface area contributed by atoms with Crippen LogP contribution >= 0.6 is 0 Å². The number of benzene rings is 2. The van der Waals surface area contributed by atoms with E-state index in [2.05, 4.69) is 51.8 Å². The molecule has 33 heavy (non-hydrogen) atoms. The predicted octanol–water partition coefficient (Wildman–Crippen LogP) is 3.02. The highest BCUT2D eigenvalue weighted by Gasteiger charge is 2.30.